The molecule has 0 N–H and O–H groups in total. The Morgan fingerprint density at radius 1 is 0.700 bits per heavy atom. The fourth-order valence-corrected chi connectivity index (χ4v) is 3.24. The zero-order valence-corrected chi connectivity index (χ0v) is 12.6. The molecule has 1 nitrogen and oxygen atoms in total. The van der Waals surface area contributed by atoms with Crippen LogP contribution in [0, 0.1) is 0 Å². The highest BCUT2D eigenvalue weighted by Gasteiger charge is 2.16. The average molecular weight is 263 g/mol. The molecule has 0 heterocycles. The van der Waals surface area contributed by atoms with E-state index in [1.54, 1.807) is 0 Å². The highest BCUT2D eigenvalue weighted by molar-refractivity contribution is 6.14. The summed E-state index contributed by atoms with van der Waals surface area (Å²) in [5.74, 6) is 0.515. The van der Waals surface area contributed by atoms with Gasteiger partial charge in [0, 0.05) is 24.9 Å². The first-order valence-corrected chi connectivity index (χ1v) is 7.22. The van der Waals surface area contributed by atoms with Crippen LogP contribution in [0.1, 0.15) is 25.3 Å². The quantitative estimate of drug-likeness (QED) is 0.576. The normalized spacial score (nSPS) is 11.4. The number of rotatable bonds is 2. The maximum Gasteiger partial charge on any atom is 0.0520 e. The van der Waals surface area contributed by atoms with Crippen molar-refractivity contribution in [1.29, 1.82) is 0 Å². The maximum absolute atomic E-state index is 2.28. The summed E-state index contributed by atoms with van der Waals surface area (Å²) < 4.78 is 0. The van der Waals surface area contributed by atoms with Gasteiger partial charge in [-0.15, -0.1) is 0 Å². The van der Waals surface area contributed by atoms with Crippen LogP contribution >= 0.6 is 0 Å². The van der Waals surface area contributed by atoms with Crippen LogP contribution in [0.4, 0.5) is 5.69 Å². The first-order chi connectivity index (χ1) is 9.61. The van der Waals surface area contributed by atoms with Crippen LogP contribution in [0.3, 0.4) is 0 Å². The van der Waals surface area contributed by atoms with Gasteiger partial charge in [0.15, 0.2) is 0 Å². The Morgan fingerprint density at radius 2 is 1.10 bits per heavy atom. The molecule has 0 aromatic heterocycles. The molecule has 0 spiro atoms. The Hall–Kier alpha value is -2.02. The zero-order chi connectivity index (χ0) is 14.3. The maximum atomic E-state index is 2.28. The molecule has 20 heavy (non-hydrogen) atoms. The molecule has 0 radical (unpaired) electrons. The van der Waals surface area contributed by atoms with Gasteiger partial charge < -0.3 is 4.90 Å². The molecule has 0 fully saturated rings. The highest BCUT2D eigenvalue weighted by Crippen LogP contribution is 2.40. The van der Waals surface area contributed by atoms with Gasteiger partial charge in [-0.3, -0.25) is 0 Å². The molecule has 0 saturated heterocycles. The van der Waals surface area contributed by atoms with Crippen LogP contribution in [-0.2, 0) is 0 Å². The van der Waals surface area contributed by atoms with E-state index >= 15 is 0 Å². The highest BCUT2D eigenvalue weighted by atomic mass is 15.1. The van der Waals surface area contributed by atoms with Crippen LogP contribution in [0.2, 0.25) is 0 Å². The lowest BCUT2D eigenvalue weighted by molar-refractivity contribution is 0.885. The molecule has 0 aliphatic rings. The number of fused-ring (bicyclic) bond motifs is 2. The van der Waals surface area contributed by atoms with Gasteiger partial charge >= 0.3 is 0 Å². The predicted molar refractivity (Wildman–Crippen MR) is 89.9 cm³/mol. The van der Waals surface area contributed by atoms with E-state index in [2.05, 4.69) is 81.4 Å². The molecule has 0 aliphatic carbocycles. The molecule has 0 amide bonds. The summed E-state index contributed by atoms with van der Waals surface area (Å²) >= 11 is 0. The molecule has 0 aliphatic heterocycles. The van der Waals surface area contributed by atoms with E-state index in [9.17, 15) is 0 Å². The van der Waals surface area contributed by atoms with Crippen molar-refractivity contribution in [1.82, 2.24) is 0 Å². The van der Waals surface area contributed by atoms with Gasteiger partial charge in [-0.1, -0.05) is 62.4 Å². The molecule has 3 aromatic rings. The van der Waals surface area contributed by atoms with E-state index in [4.69, 9.17) is 0 Å². The standard InChI is InChI=1S/C19H21N/c1-13(2)18-14-9-5-7-11-16(14)19(20(3)4)17-12-8-6-10-15(17)18/h5-13H,1-4H3. The van der Waals surface area contributed by atoms with E-state index in [0.717, 1.165) is 0 Å². The topological polar surface area (TPSA) is 3.24 Å². The number of nitrogens with zero attached hydrogens (tertiary/aromatic N) is 1. The summed E-state index contributed by atoms with van der Waals surface area (Å²) in [4.78, 5) is 2.23. The number of anilines is 1. The molecule has 3 rings (SSSR count). The van der Waals surface area contributed by atoms with Gasteiger partial charge in [0.2, 0.25) is 0 Å². The van der Waals surface area contributed by atoms with Crippen molar-refractivity contribution in [2.24, 2.45) is 0 Å². The lowest BCUT2D eigenvalue weighted by Gasteiger charge is -2.23. The Kier molecular flexibility index (Phi) is 3.13. The summed E-state index contributed by atoms with van der Waals surface area (Å²) in [6.07, 6.45) is 0. The van der Waals surface area contributed by atoms with Gasteiger partial charge in [-0.05, 0) is 22.3 Å². The lowest BCUT2D eigenvalue weighted by atomic mass is 9.88. The van der Waals surface area contributed by atoms with Gasteiger partial charge in [0.05, 0.1) is 5.69 Å². The van der Waals surface area contributed by atoms with Crippen LogP contribution < -0.4 is 4.90 Å². The minimum absolute atomic E-state index is 0.515. The van der Waals surface area contributed by atoms with Crippen molar-refractivity contribution >= 4 is 27.2 Å². The third-order valence-electron chi connectivity index (χ3n) is 3.97. The average Bonchev–Trinajstić information content (AvgIpc) is 2.43. The van der Waals surface area contributed by atoms with E-state index in [-0.39, 0.29) is 0 Å². The van der Waals surface area contributed by atoms with E-state index in [1.165, 1.54) is 32.8 Å². The fraction of sp³-hybridized carbons (Fsp3) is 0.263. The molecular formula is C19H21N. The van der Waals surface area contributed by atoms with Gasteiger partial charge in [0.25, 0.3) is 0 Å². The summed E-state index contributed by atoms with van der Waals surface area (Å²) in [6, 6.07) is 17.5. The molecule has 0 atom stereocenters. The first-order valence-electron chi connectivity index (χ1n) is 7.22. The Balaban J connectivity index is 2.62. The summed E-state index contributed by atoms with van der Waals surface area (Å²) in [5, 5.41) is 5.45. The van der Waals surface area contributed by atoms with E-state index in [1.807, 2.05) is 0 Å². The molecule has 1 heteroatoms. The van der Waals surface area contributed by atoms with Gasteiger partial charge in [-0.2, -0.15) is 0 Å². The molecule has 0 saturated carbocycles. The third-order valence-corrected chi connectivity index (χ3v) is 3.97. The Labute approximate surface area is 120 Å². The fourth-order valence-electron chi connectivity index (χ4n) is 3.24. The van der Waals surface area contributed by atoms with Crippen LogP contribution in [0.25, 0.3) is 21.5 Å². The molecule has 102 valence electrons. The van der Waals surface area contributed by atoms with Crippen molar-refractivity contribution in [2.75, 3.05) is 19.0 Å². The van der Waals surface area contributed by atoms with Crippen LogP contribution in [0.5, 0.6) is 0 Å². The second-order valence-electron chi connectivity index (χ2n) is 5.90. The second-order valence-corrected chi connectivity index (χ2v) is 5.90. The number of hydrogen-bond donors (Lipinski definition) is 0. The van der Waals surface area contributed by atoms with Crippen LogP contribution in [0.15, 0.2) is 48.5 Å². The number of hydrogen-bond acceptors (Lipinski definition) is 1. The Morgan fingerprint density at radius 3 is 1.45 bits per heavy atom. The summed E-state index contributed by atoms with van der Waals surface area (Å²) in [5.41, 5.74) is 2.78. The minimum Gasteiger partial charge on any atom is -0.377 e. The van der Waals surface area contributed by atoms with Crippen molar-refractivity contribution in [3.05, 3.63) is 54.1 Å². The monoisotopic (exact) mass is 263 g/mol. The molecule has 0 bridgehead atoms. The summed E-state index contributed by atoms with van der Waals surface area (Å²) in [6.45, 7) is 4.56. The van der Waals surface area contributed by atoms with E-state index < -0.39 is 0 Å². The first kappa shape index (κ1) is 13.0. The molecule has 0 unspecified atom stereocenters. The van der Waals surface area contributed by atoms with Gasteiger partial charge in [0.1, 0.15) is 0 Å². The lowest BCUT2D eigenvalue weighted by Crippen LogP contribution is -2.10. The van der Waals surface area contributed by atoms with Crippen molar-refractivity contribution in [3.63, 3.8) is 0 Å². The Bertz CT molecular complexity index is 646. The molecular weight excluding hydrogens is 242 g/mol. The van der Waals surface area contributed by atoms with Crippen molar-refractivity contribution in [2.45, 2.75) is 19.8 Å². The van der Waals surface area contributed by atoms with Crippen LogP contribution in [-0.4, -0.2) is 14.1 Å². The van der Waals surface area contributed by atoms with Gasteiger partial charge in [-0.25, -0.2) is 0 Å². The smallest absolute Gasteiger partial charge is 0.0520 e. The van der Waals surface area contributed by atoms with Crippen molar-refractivity contribution < 1.29 is 0 Å². The van der Waals surface area contributed by atoms with Crippen molar-refractivity contribution in [3.8, 4) is 0 Å². The predicted octanol–water partition coefficient (Wildman–Crippen LogP) is 5.18. The molecule has 3 aromatic carbocycles. The third kappa shape index (κ3) is 1.85. The minimum atomic E-state index is 0.515. The number of benzene rings is 3. The zero-order valence-electron chi connectivity index (χ0n) is 12.6. The largest absolute Gasteiger partial charge is 0.377 e. The van der Waals surface area contributed by atoms with E-state index in [0.29, 0.717) is 5.92 Å². The summed E-state index contributed by atoms with van der Waals surface area (Å²) in [7, 11) is 4.26. The second kappa shape index (κ2) is 4.82. The SMILES string of the molecule is CC(C)c1c2ccccc2c(N(C)C)c2ccccc12.